The molecule has 0 atom stereocenters. The molecule has 0 spiro atoms. The van der Waals surface area contributed by atoms with Crippen LogP contribution >= 0.6 is 15.9 Å². The summed E-state index contributed by atoms with van der Waals surface area (Å²) in [7, 11) is 0. The zero-order valence-corrected chi connectivity index (χ0v) is 9.67. The highest BCUT2D eigenvalue weighted by molar-refractivity contribution is 9.10. The highest BCUT2D eigenvalue weighted by atomic mass is 79.9. The van der Waals surface area contributed by atoms with Crippen molar-refractivity contribution >= 4 is 32.5 Å². The number of fused-ring (bicyclic) bond motifs is 1. The maximum Gasteiger partial charge on any atom is 0.300 e. The quantitative estimate of drug-likeness (QED) is 0.761. The summed E-state index contributed by atoms with van der Waals surface area (Å²) in [5.74, 6) is -1.15. The minimum absolute atomic E-state index is 0.0219. The minimum atomic E-state index is -2.97. The van der Waals surface area contributed by atoms with Crippen molar-refractivity contribution in [3.8, 4) is 0 Å². The van der Waals surface area contributed by atoms with Crippen LogP contribution in [0.15, 0.2) is 40.9 Å². The van der Waals surface area contributed by atoms with Gasteiger partial charge in [-0.2, -0.15) is 0 Å². The van der Waals surface area contributed by atoms with Gasteiger partial charge in [0.25, 0.3) is 0 Å². The average molecular weight is 285 g/mol. The second kappa shape index (κ2) is 4.29. The van der Waals surface area contributed by atoms with Crippen LogP contribution in [-0.2, 0) is 0 Å². The number of hydrogen-bond donors (Lipinski definition) is 0. The maximum atomic E-state index is 12.3. The topological polar surface area (TPSA) is 17.1 Å². The molecule has 0 N–H and O–H groups in total. The Morgan fingerprint density at radius 1 is 1.12 bits per heavy atom. The molecule has 0 aromatic heterocycles. The van der Waals surface area contributed by atoms with E-state index >= 15 is 0 Å². The third-order valence-electron chi connectivity index (χ3n) is 2.30. The fourth-order valence-electron chi connectivity index (χ4n) is 1.52. The molecule has 0 radical (unpaired) electrons. The van der Waals surface area contributed by atoms with Crippen LogP contribution in [0, 0.1) is 0 Å². The minimum Gasteiger partial charge on any atom is -0.288 e. The predicted octanol–water partition coefficient (Wildman–Crippen LogP) is 4.05. The molecule has 0 fully saturated rings. The highest BCUT2D eigenvalue weighted by Crippen LogP contribution is 2.26. The van der Waals surface area contributed by atoms with Crippen molar-refractivity contribution in [2.75, 3.05) is 0 Å². The van der Waals surface area contributed by atoms with Crippen molar-refractivity contribution in [3.63, 3.8) is 0 Å². The van der Waals surface area contributed by atoms with Gasteiger partial charge >= 0.3 is 6.43 Å². The normalized spacial score (nSPS) is 11.0. The van der Waals surface area contributed by atoms with E-state index in [4.69, 9.17) is 0 Å². The molecule has 0 unspecified atom stereocenters. The summed E-state index contributed by atoms with van der Waals surface area (Å²) < 4.78 is 25.0. The summed E-state index contributed by atoms with van der Waals surface area (Å²) in [6.45, 7) is 0. The molecule has 0 saturated carbocycles. The molecule has 0 heterocycles. The van der Waals surface area contributed by atoms with Crippen LogP contribution in [0.1, 0.15) is 10.4 Å². The molecular weight excluding hydrogens is 278 g/mol. The van der Waals surface area contributed by atoms with E-state index in [1.165, 1.54) is 6.07 Å². The first-order valence-electron chi connectivity index (χ1n) is 4.60. The van der Waals surface area contributed by atoms with E-state index in [0.29, 0.717) is 4.47 Å². The van der Waals surface area contributed by atoms with E-state index in [2.05, 4.69) is 15.9 Å². The largest absolute Gasteiger partial charge is 0.300 e. The summed E-state index contributed by atoms with van der Waals surface area (Å²) >= 11 is 3.13. The van der Waals surface area contributed by atoms with E-state index in [0.717, 1.165) is 10.8 Å². The van der Waals surface area contributed by atoms with Crippen molar-refractivity contribution < 1.29 is 13.6 Å². The Hall–Kier alpha value is -1.29. The van der Waals surface area contributed by atoms with Gasteiger partial charge in [0.15, 0.2) is 0 Å². The van der Waals surface area contributed by atoms with Crippen molar-refractivity contribution in [1.82, 2.24) is 0 Å². The van der Waals surface area contributed by atoms with E-state index in [9.17, 15) is 13.6 Å². The van der Waals surface area contributed by atoms with Gasteiger partial charge in [0.2, 0.25) is 5.78 Å². The number of carbonyl (C=O) groups is 1. The Kier molecular flexibility index (Phi) is 3.01. The zero-order valence-electron chi connectivity index (χ0n) is 8.08. The van der Waals surface area contributed by atoms with Crippen LogP contribution in [0.3, 0.4) is 0 Å². The lowest BCUT2D eigenvalue weighted by Gasteiger charge is -2.05. The number of carbonyl (C=O) groups excluding carboxylic acids is 1. The third-order valence-corrected chi connectivity index (χ3v) is 2.96. The molecule has 0 aliphatic rings. The first-order valence-corrected chi connectivity index (χ1v) is 5.39. The molecular formula is C12H7BrF2O. The van der Waals surface area contributed by atoms with Crippen molar-refractivity contribution in [2.24, 2.45) is 0 Å². The summed E-state index contributed by atoms with van der Waals surface area (Å²) in [6.07, 6.45) is -2.97. The molecule has 0 aliphatic carbocycles. The molecule has 0 bridgehead atoms. The molecule has 0 saturated heterocycles. The molecule has 4 heteroatoms. The molecule has 2 aromatic carbocycles. The van der Waals surface area contributed by atoms with Gasteiger partial charge in [-0.3, -0.25) is 4.79 Å². The Balaban J connectivity index is 2.63. The zero-order chi connectivity index (χ0) is 11.7. The number of benzene rings is 2. The van der Waals surface area contributed by atoms with Crippen molar-refractivity contribution in [1.29, 1.82) is 0 Å². The highest BCUT2D eigenvalue weighted by Gasteiger charge is 2.20. The van der Waals surface area contributed by atoms with Crippen LogP contribution in [-0.4, -0.2) is 12.2 Å². The van der Waals surface area contributed by atoms with Gasteiger partial charge in [0, 0.05) is 10.0 Å². The number of ketones is 1. The Morgan fingerprint density at radius 3 is 2.25 bits per heavy atom. The number of alkyl halides is 2. The Labute approximate surface area is 99.2 Å². The Morgan fingerprint density at radius 2 is 1.69 bits per heavy atom. The second-order valence-electron chi connectivity index (χ2n) is 3.34. The van der Waals surface area contributed by atoms with E-state index < -0.39 is 12.2 Å². The van der Waals surface area contributed by atoms with Gasteiger partial charge in [0.05, 0.1) is 0 Å². The molecule has 1 nitrogen and oxygen atoms in total. The van der Waals surface area contributed by atoms with E-state index in [1.807, 2.05) is 12.1 Å². The number of halogens is 3. The molecule has 82 valence electrons. The van der Waals surface area contributed by atoms with Gasteiger partial charge in [-0.1, -0.05) is 40.2 Å². The van der Waals surface area contributed by atoms with Crippen LogP contribution in [0.4, 0.5) is 8.78 Å². The first kappa shape index (κ1) is 11.2. The van der Waals surface area contributed by atoms with Crippen LogP contribution in [0.2, 0.25) is 0 Å². The smallest absolute Gasteiger partial charge is 0.288 e. The van der Waals surface area contributed by atoms with Crippen LogP contribution in [0.5, 0.6) is 0 Å². The summed E-state index contributed by atoms with van der Waals surface area (Å²) in [6, 6.07) is 10.4. The standard InChI is InChI=1S/C12H7BrF2O/c13-10-6-8-4-2-1-3-7(8)5-9(10)11(16)12(14)15/h1-6,12H. The van der Waals surface area contributed by atoms with E-state index in [1.54, 1.807) is 18.2 Å². The summed E-state index contributed by atoms with van der Waals surface area (Å²) in [5.41, 5.74) is 0.0219. The van der Waals surface area contributed by atoms with Gasteiger partial charge in [-0.25, -0.2) is 8.78 Å². The lowest BCUT2D eigenvalue weighted by atomic mass is 10.0. The summed E-state index contributed by atoms with van der Waals surface area (Å²) in [4.78, 5) is 11.2. The number of hydrogen-bond acceptors (Lipinski definition) is 1. The lowest BCUT2D eigenvalue weighted by molar-refractivity contribution is 0.0678. The summed E-state index contributed by atoms with van der Waals surface area (Å²) in [5, 5.41) is 1.68. The van der Waals surface area contributed by atoms with Gasteiger partial charge < -0.3 is 0 Å². The van der Waals surface area contributed by atoms with Gasteiger partial charge in [-0.15, -0.1) is 0 Å². The van der Waals surface area contributed by atoms with Crippen molar-refractivity contribution in [2.45, 2.75) is 6.43 Å². The average Bonchev–Trinajstić information content (AvgIpc) is 2.27. The van der Waals surface area contributed by atoms with Gasteiger partial charge in [-0.05, 0) is 22.9 Å². The molecule has 0 aliphatic heterocycles. The third kappa shape index (κ3) is 1.97. The lowest BCUT2D eigenvalue weighted by Crippen LogP contribution is -2.10. The van der Waals surface area contributed by atoms with E-state index in [-0.39, 0.29) is 5.56 Å². The first-order chi connectivity index (χ1) is 7.59. The van der Waals surface area contributed by atoms with Crippen molar-refractivity contribution in [3.05, 3.63) is 46.4 Å². The van der Waals surface area contributed by atoms with Crippen LogP contribution in [0.25, 0.3) is 10.8 Å². The fraction of sp³-hybridized carbons (Fsp3) is 0.0833. The number of rotatable bonds is 2. The molecule has 2 rings (SSSR count). The van der Waals surface area contributed by atoms with Gasteiger partial charge in [0.1, 0.15) is 0 Å². The molecule has 2 aromatic rings. The fourth-order valence-corrected chi connectivity index (χ4v) is 2.08. The molecule has 16 heavy (non-hydrogen) atoms. The number of Topliss-reactive ketones (excluding diaryl/α,β-unsaturated/α-hetero) is 1. The maximum absolute atomic E-state index is 12.3. The second-order valence-corrected chi connectivity index (χ2v) is 4.20. The Bertz CT molecular complexity index is 552. The predicted molar refractivity (Wildman–Crippen MR) is 62.0 cm³/mol. The SMILES string of the molecule is O=C(c1cc2ccccc2cc1Br)C(F)F. The monoisotopic (exact) mass is 284 g/mol. The van der Waals surface area contributed by atoms with Crippen LogP contribution < -0.4 is 0 Å². The molecule has 0 amide bonds.